The van der Waals surface area contributed by atoms with E-state index in [-0.39, 0.29) is 54.5 Å². The number of ether oxygens (including phenoxy) is 1. The molecule has 0 bridgehead atoms. The van der Waals surface area contributed by atoms with Crippen LogP contribution in [0.2, 0.25) is 0 Å². The van der Waals surface area contributed by atoms with E-state index in [1.54, 1.807) is 6.08 Å². The highest BCUT2D eigenvalue weighted by molar-refractivity contribution is 5.69. The molecule has 1 saturated carbocycles. The number of anilines is 1. The summed E-state index contributed by atoms with van der Waals surface area (Å²) in [5.41, 5.74) is 7.98. The molecule has 0 amide bonds. The SMILES string of the molecule is FC(F)(F)C1=C(N(C2=CC3=CC4OC5CC(N(C6=CC=C(C7=CC=CCC7)CC6)C6CCCCC6C(F)(F)F)C=CC5C4CC3CC2)c2ccc(-c3ccccc3)cc2)CCC=C1. The smallest absolute Gasteiger partial charge is 0.370 e. The minimum Gasteiger partial charge on any atom is -0.370 e. The summed E-state index contributed by atoms with van der Waals surface area (Å²) < 4.78 is 95.4. The minimum absolute atomic E-state index is 0.131. The molecule has 1 heterocycles. The summed E-state index contributed by atoms with van der Waals surface area (Å²) in [6, 6.07) is 17.0. The van der Waals surface area contributed by atoms with Crippen LogP contribution in [0.25, 0.3) is 11.1 Å². The second-order valence-corrected chi connectivity index (χ2v) is 18.8. The molecule has 2 aromatic rings. The molecular formula is C54H56F6N2O. The third-order valence-electron chi connectivity index (χ3n) is 15.2. The second-order valence-electron chi connectivity index (χ2n) is 18.8. The average molecular weight is 863 g/mol. The molecule has 330 valence electrons. The van der Waals surface area contributed by atoms with Gasteiger partial charge in [0.05, 0.1) is 23.7 Å². The highest BCUT2D eigenvalue weighted by Crippen LogP contribution is 2.52. The van der Waals surface area contributed by atoms with Crippen LogP contribution in [0.3, 0.4) is 0 Å². The lowest BCUT2D eigenvalue weighted by atomic mass is 9.69. The van der Waals surface area contributed by atoms with Crippen LogP contribution >= 0.6 is 0 Å². The Morgan fingerprint density at radius 2 is 1.46 bits per heavy atom. The number of benzene rings is 2. The van der Waals surface area contributed by atoms with E-state index in [2.05, 4.69) is 59.6 Å². The van der Waals surface area contributed by atoms with Crippen molar-refractivity contribution in [2.24, 2.45) is 23.7 Å². The number of hydrogen-bond acceptors (Lipinski definition) is 3. The van der Waals surface area contributed by atoms with Gasteiger partial charge < -0.3 is 14.5 Å². The van der Waals surface area contributed by atoms with E-state index in [4.69, 9.17) is 4.74 Å². The van der Waals surface area contributed by atoms with Gasteiger partial charge in [0.2, 0.25) is 0 Å². The summed E-state index contributed by atoms with van der Waals surface area (Å²) >= 11 is 0. The number of nitrogens with zero attached hydrogens (tertiary/aromatic N) is 2. The largest absolute Gasteiger partial charge is 0.418 e. The molecule has 0 N–H and O–H groups in total. The van der Waals surface area contributed by atoms with Gasteiger partial charge in [-0.15, -0.1) is 0 Å². The van der Waals surface area contributed by atoms with Crippen molar-refractivity contribution in [3.63, 3.8) is 0 Å². The number of fused-ring (bicyclic) bond motifs is 4. The van der Waals surface area contributed by atoms with Crippen LogP contribution < -0.4 is 4.90 Å². The van der Waals surface area contributed by atoms with E-state index in [0.717, 1.165) is 66.6 Å². The third-order valence-corrected chi connectivity index (χ3v) is 15.2. The van der Waals surface area contributed by atoms with Crippen LogP contribution in [-0.4, -0.2) is 41.5 Å². The van der Waals surface area contributed by atoms with E-state index < -0.39 is 29.9 Å². The van der Waals surface area contributed by atoms with Crippen molar-refractivity contribution in [3.8, 4) is 11.1 Å². The van der Waals surface area contributed by atoms with Crippen molar-refractivity contribution in [1.29, 1.82) is 0 Å². The van der Waals surface area contributed by atoms with Gasteiger partial charge in [0.1, 0.15) is 0 Å². The molecule has 3 nitrogen and oxygen atoms in total. The van der Waals surface area contributed by atoms with Crippen molar-refractivity contribution in [3.05, 3.63) is 161 Å². The number of hydrogen-bond donors (Lipinski definition) is 0. The molecule has 2 fully saturated rings. The molecule has 63 heavy (non-hydrogen) atoms. The van der Waals surface area contributed by atoms with Crippen LogP contribution in [0.1, 0.15) is 89.9 Å². The normalized spacial score (nSPS) is 30.6. The molecule has 7 aliphatic carbocycles. The van der Waals surface area contributed by atoms with Crippen LogP contribution in [0.4, 0.5) is 32.0 Å². The number of alkyl halides is 6. The molecular weight excluding hydrogens is 807 g/mol. The standard InChI is InChI=1S/C54H56F6N2O/c55-53(56,57)47-15-7-9-17-49(47)61(41-24-19-37(20-25-41)35-11-3-1-4-12-35)43-28-23-39-32-46-45-30-29-44(34-52(45)63-51(46)33-40(39)31-43)62(50-18-10-8-16-48(50)54(58,59)60)42-26-21-38(22-27-42)36-13-5-2-6-14-36/h1-5,7,11-13,15,19-21,24-26,29-31,33,39,44-46,48,50-52H,6,8-10,14,16-18,22-23,27-28,32,34H2. The van der Waals surface area contributed by atoms with Gasteiger partial charge in [-0.05, 0) is 141 Å². The Morgan fingerprint density at radius 3 is 2.21 bits per heavy atom. The summed E-state index contributed by atoms with van der Waals surface area (Å²) in [5, 5.41) is 0. The van der Waals surface area contributed by atoms with E-state index in [1.165, 1.54) is 17.2 Å². The molecule has 10 rings (SSSR count). The lowest BCUT2D eigenvalue weighted by Gasteiger charge is -2.48. The minimum atomic E-state index is -4.50. The number of halogens is 6. The maximum Gasteiger partial charge on any atom is 0.418 e. The van der Waals surface area contributed by atoms with Gasteiger partial charge in [0.15, 0.2) is 0 Å². The van der Waals surface area contributed by atoms with Crippen molar-refractivity contribution in [2.45, 2.75) is 127 Å². The molecule has 1 aliphatic heterocycles. The molecule has 2 aromatic carbocycles. The first kappa shape index (κ1) is 42.2. The summed E-state index contributed by atoms with van der Waals surface area (Å²) in [7, 11) is 0. The van der Waals surface area contributed by atoms with Gasteiger partial charge in [-0.25, -0.2) is 0 Å². The Hall–Kier alpha value is -4.76. The van der Waals surface area contributed by atoms with Gasteiger partial charge in [0.25, 0.3) is 0 Å². The highest BCUT2D eigenvalue weighted by Gasteiger charge is 2.52. The third kappa shape index (κ3) is 8.51. The fraction of sp³-hybridized carbons (Fsp3) is 0.444. The van der Waals surface area contributed by atoms with Crippen molar-refractivity contribution in [1.82, 2.24) is 4.90 Å². The van der Waals surface area contributed by atoms with Crippen molar-refractivity contribution in [2.75, 3.05) is 4.90 Å². The second kappa shape index (κ2) is 17.3. The van der Waals surface area contributed by atoms with Crippen molar-refractivity contribution < 1.29 is 31.1 Å². The van der Waals surface area contributed by atoms with E-state index >= 15 is 0 Å². The summed E-state index contributed by atoms with van der Waals surface area (Å²) in [5.74, 6) is -0.719. The van der Waals surface area contributed by atoms with Crippen LogP contribution in [-0.2, 0) is 4.74 Å². The van der Waals surface area contributed by atoms with Gasteiger partial charge >= 0.3 is 12.4 Å². The fourth-order valence-corrected chi connectivity index (χ4v) is 12.2. The Bertz CT molecular complexity index is 2320. The average Bonchev–Trinajstić information content (AvgIpc) is 3.65. The zero-order chi connectivity index (χ0) is 43.3. The maximum atomic E-state index is 14.8. The first-order valence-electron chi connectivity index (χ1n) is 23.3. The highest BCUT2D eigenvalue weighted by atomic mass is 19.4. The lowest BCUT2D eigenvalue weighted by Crippen LogP contribution is -2.52. The van der Waals surface area contributed by atoms with Gasteiger partial charge in [-0.3, -0.25) is 0 Å². The Morgan fingerprint density at radius 1 is 0.683 bits per heavy atom. The first-order valence-corrected chi connectivity index (χ1v) is 23.3. The van der Waals surface area contributed by atoms with E-state index in [0.29, 0.717) is 44.2 Å². The summed E-state index contributed by atoms with van der Waals surface area (Å²) in [6.45, 7) is 0. The maximum absolute atomic E-state index is 14.8. The Balaban J connectivity index is 0.939. The molecule has 0 spiro atoms. The van der Waals surface area contributed by atoms with E-state index in [1.807, 2.05) is 59.5 Å². The van der Waals surface area contributed by atoms with Gasteiger partial charge in [0, 0.05) is 40.8 Å². The zero-order valence-electron chi connectivity index (χ0n) is 35.6. The van der Waals surface area contributed by atoms with Crippen LogP contribution in [0, 0.1) is 23.7 Å². The predicted octanol–water partition coefficient (Wildman–Crippen LogP) is 14.6. The molecule has 9 heteroatoms. The predicted molar refractivity (Wildman–Crippen MR) is 238 cm³/mol. The topological polar surface area (TPSA) is 15.7 Å². The van der Waals surface area contributed by atoms with E-state index in [9.17, 15) is 26.3 Å². The van der Waals surface area contributed by atoms with Gasteiger partial charge in [-0.2, -0.15) is 26.3 Å². The van der Waals surface area contributed by atoms with Gasteiger partial charge in [-0.1, -0.05) is 110 Å². The molecule has 8 aliphatic rings. The Kier molecular flexibility index (Phi) is 11.6. The fourth-order valence-electron chi connectivity index (χ4n) is 12.2. The summed E-state index contributed by atoms with van der Waals surface area (Å²) in [4.78, 5) is 4.03. The molecule has 8 unspecified atom stereocenters. The first-order chi connectivity index (χ1) is 30.5. The Labute approximate surface area is 367 Å². The molecule has 0 aromatic heterocycles. The lowest BCUT2D eigenvalue weighted by molar-refractivity contribution is -0.199. The van der Waals surface area contributed by atoms with Crippen LogP contribution in [0.15, 0.2) is 161 Å². The molecule has 0 radical (unpaired) electrons. The quantitative estimate of drug-likeness (QED) is 0.194. The zero-order valence-corrected chi connectivity index (χ0v) is 35.6. The van der Waals surface area contributed by atoms with Crippen molar-refractivity contribution >= 4 is 5.69 Å². The summed E-state index contributed by atoms with van der Waals surface area (Å²) in [6.07, 6.45) is 22.7. The number of rotatable bonds is 8. The monoisotopic (exact) mass is 862 g/mol. The molecule has 1 saturated heterocycles. The molecule has 8 atom stereocenters. The number of allylic oxidation sites excluding steroid dienone is 15. The van der Waals surface area contributed by atoms with Crippen LogP contribution in [0.5, 0.6) is 0 Å².